The van der Waals surface area contributed by atoms with Crippen LogP contribution in [0.3, 0.4) is 0 Å². The number of benzene rings is 1. The minimum atomic E-state index is -0.0877. The van der Waals surface area contributed by atoms with Gasteiger partial charge in [0, 0.05) is 39.8 Å². The highest BCUT2D eigenvalue weighted by Gasteiger charge is 2.23. The van der Waals surface area contributed by atoms with Crippen molar-refractivity contribution in [2.45, 2.75) is 25.6 Å². The van der Waals surface area contributed by atoms with Gasteiger partial charge in [-0.3, -0.25) is 4.90 Å². The van der Waals surface area contributed by atoms with Crippen LogP contribution in [0, 0.1) is 5.82 Å². The molecule has 0 saturated carbocycles. The molecule has 0 amide bonds. The average Bonchev–Trinajstić information content (AvgIpc) is 3.09. The van der Waals surface area contributed by atoms with Gasteiger partial charge < -0.3 is 5.32 Å². The lowest BCUT2D eigenvalue weighted by molar-refractivity contribution is 0.254. The van der Waals surface area contributed by atoms with Gasteiger partial charge in [-0.05, 0) is 44.0 Å². The molecule has 5 heteroatoms. The third-order valence-electron chi connectivity index (χ3n) is 4.12. The Morgan fingerprint density at radius 1 is 1.43 bits per heavy atom. The van der Waals surface area contributed by atoms with Crippen LogP contribution in [-0.4, -0.2) is 36.5 Å². The number of halogens is 1. The van der Waals surface area contributed by atoms with Crippen molar-refractivity contribution >= 4 is 33.2 Å². The van der Waals surface area contributed by atoms with E-state index in [1.807, 2.05) is 24.9 Å². The molecule has 0 radical (unpaired) electrons. The van der Waals surface area contributed by atoms with Gasteiger partial charge in [0.25, 0.3) is 0 Å². The van der Waals surface area contributed by atoms with Gasteiger partial charge in [-0.15, -0.1) is 11.3 Å². The Hall–Kier alpha value is -0.620. The van der Waals surface area contributed by atoms with Crippen LogP contribution in [0.4, 0.5) is 4.39 Å². The molecule has 2 heterocycles. The molecule has 1 saturated heterocycles. The lowest BCUT2D eigenvalue weighted by atomic mass is 10.1. The Labute approximate surface area is 133 Å². The first-order valence-corrected chi connectivity index (χ1v) is 9.29. The van der Waals surface area contributed by atoms with E-state index in [2.05, 4.69) is 17.3 Å². The minimum absolute atomic E-state index is 0.0877. The Kier molecular flexibility index (Phi) is 4.84. The molecule has 1 N–H and O–H groups in total. The molecule has 1 unspecified atom stereocenters. The molecule has 2 aromatic rings. The number of hydrogen-bond donors (Lipinski definition) is 1. The molecule has 3 rings (SSSR count). The quantitative estimate of drug-likeness (QED) is 0.903. The average molecular weight is 324 g/mol. The third-order valence-corrected chi connectivity index (χ3v) is 6.46. The molecule has 0 spiro atoms. The van der Waals surface area contributed by atoms with Crippen LogP contribution >= 0.6 is 23.1 Å². The maximum atomic E-state index is 14.3. The topological polar surface area (TPSA) is 15.3 Å². The number of fused-ring (bicyclic) bond motifs is 1. The Bertz CT molecular complexity index is 620. The highest BCUT2D eigenvalue weighted by atomic mass is 32.2. The lowest BCUT2D eigenvalue weighted by Gasteiger charge is -2.24. The maximum absolute atomic E-state index is 14.3. The molecule has 1 aliphatic rings. The van der Waals surface area contributed by atoms with Gasteiger partial charge in [-0.25, -0.2) is 4.39 Å². The predicted octanol–water partition coefficient (Wildman–Crippen LogP) is 3.70. The molecule has 1 aliphatic heterocycles. The second-order valence-electron chi connectivity index (χ2n) is 5.58. The van der Waals surface area contributed by atoms with Crippen LogP contribution in [-0.2, 0) is 13.1 Å². The predicted molar refractivity (Wildman–Crippen MR) is 91.7 cm³/mol. The lowest BCUT2D eigenvalue weighted by Crippen LogP contribution is -2.31. The van der Waals surface area contributed by atoms with Gasteiger partial charge in [0.1, 0.15) is 5.82 Å². The monoisotopic (exact) mass is 324 g/mol. The fourth-order valence-electron chi connectivity index (χ4n) is 2.93. The van der Waals surface area contributed by atoms with Crippen LogP contribution < -0.4 is 5.32 Å². The SMILES string of the molecule is CNCc1sc2cccc(F)c2c1CN(C)C1CCSC1. The van der Waals surface area contributed by atoms with Crippen LogP contribution in [0.25, 0.3) is 10.1 Å². The van der Waals surface area contributed by atoms with Crippen molar-refractivity contribution in [2.75, 3.05) is 25.6 Å². The van der Waals surface area contributed by atoms with Crippen LogP contribution in [0.5, 0.6) is 0 Å². The zero-order chi connectivity index (χ0) is 14.8. The fraction of sp³-hybridized carbons (Fsp3) is 0.500. The van der Waals surface area contributed by atoms with E-state index in [-0.39, 0.29) is 5.82 Å². The highest BCUT2D eigenvalue weighted by molar-refractivity contribution is 7.99. The molecule has 2 nitrogen and oxygen atoms in total. The first-order chi connectivity index (χ1) is 10.2. The summed E-state index contributed by atoms with van der Waals surface area (Å²) in [4.78, 5) is 3.66. The maximum Gasteiger partial charge on any atom is 0.132 e. The number of nitrogens with one attached hydrogen (secondary N) is 1. The molecule has 1 atom stereocenters. The summed E-state index contributed by atoms with van der Waals surface area (Å²) in [5, 5.41) is 4.04. The summed E-state index contributed by atoms with van der Waals surface area (Å²) in [7, 11) is 4.12. The molecule has 1 aromatic heterocycles. The van der Waals surface area contributed by atoms with Crippen molar-refractivity contribution in [3.8, 4) is 0 Å². The Morgan fingerprint density at radius 2 is 2.29 bits per heavy atom. The van der Waals surface area contributed by atoms with Crippen LogP contribution in [0.1, 0.15) is 16.9 Å². The van der Waals surface area contributed by atoms with E-state index < -0.39 is 0 Å². The summed E-state index contributed by atoms with van der Waals surface area (Å²) in [5.74, 6) is 2.36. The van der Waals surface area contributed by atoms with E-state index in [9.17, 15) is 4.39 Å². The number of nitrogens with zero attached hydrogens (tertiary/aromatic N) is 1. The van der Waals surface area contributed by atoms with Gasteiger partial charge in [0.2, 0.25) is 0 Å². The summed E-state index contributed by atoms with van der Waals surface area (Å²) < 4.78 is 15.4. The Balaban J connectivity index is 1.96. The van der Waals surface area contributed by atoms with E-state index >= 15 is 0 Å². The van der Waals surface area contributed by atoms with Crippen molar-refractivity contribution in [2.24, 2.45) is 0 Å². The van der Waals surface area contributed by atoms with E-state index in [4.69, 9.17) is 0 Å². The molecule has 1 fully saturated rings. The molecule has 0 aliphatic carbocycles. The van der Waals surface area contributed by atoms with E-state index in [0.29, 0.717) is 6.04 Å². The Morgan fingerprint density at radius 3 is 3.00 bits per heavy atom. The van der Waals surface area contributed by atoms with E-state index in [1.54, 1.807) is 23.5 Å². The first kappa shape index (κ1) is 15.3. The normalized spacial score (nSPS) is 19.0. The second kappa shape index (κ2) is 6.65. The summed E-state index contributed by atoms with van der Waals surface area (Å²) in [6.45, 7) is 1.64. The zero-order valence-corrected chi connectivity index (χ0v) is 14.1. The number of thioether (sulfide) groups is 1. The zero-order valence-electron chi connectivity index (χ0n) is 12.5. The smallest absolute Gasteiger partial charge is 0.132 e. The number of rotatable bonds is 5. The van der Waals surface area contributed by atoms with Gasteiger partial charge in [-0.1, -0.05) is 6.07 Å². The fourth-order valence-corrected chi connectivity index (χ4v) is 5.47. The number of thiophene rings is 1. The highest BCUT2D eigenvalue weighted by Crippen LogP contribution is 2.35. The molecular weight excluding hydrogens is 303 g/mol. The van der Waals surface area contributed by atoms with Crippen LogP contribution in [0.2, 0.25) is 0 Å². The standard InChI is InChI=1S/C16H21FN2S2/c1-18-8-15-12(9-19(2)11-6-7-20-10-11)16-13(17)4-3-5-14(16)21-15/h3-5,11,18H,6-10H2,1-2H3. The molecule has 1 aromatic carbocycles. The summed E-state index contributed by atoms with van der Waals surface area (Å²) >= 11 is 3.73. The van der Waals surface area contributed by atoms with Crippen molar-refractivity contribution in [1.82, 2.24) is 10.2 Å². The molecule has 0 bridgehead atoms. The van der Waals surface area contributed by atoms with E-state index in [0.717, 1.165) is 23.2 Å². The van der Waals surface area contributed by atoms with Crippen molar-refractivity contribution < 1.29 is 4.39 Å². The number of hydrogen-bond acceptors (Lipinski definition) is 4. The molecule has 21 heavy (non-hydrogen) atoms. The van der Waals surface area contributed by atoms with Crippen LogP contribution in [0.15, 0.2) is 18.2 Å². The van der Waals surface area contributed by atoms with Crippen molar-refractivity contribution in [1.29, 1.82) is 0 Å². The largest absolute Gasteiger partial charge is 0.315 e. The molecular formula is C16H21FN2S2. The third kappa shape index (κ3) is 3.11. The summed E-state index contributed by atoms with van der Waals surface area (Å²) in [5.41, 5.74) is 1.17. The summed E-state index contributed by atoms with van der Waals surface area (Å²) in [6, 6.07) is 6.03. The minimum Gasteiger partial charge on any atom is -0.315 e. The van der Waals surface area contributed by atoms with Gasteiger partial charge in [0.15, 0.2) is 0 Å². The first-order valence-electron chi connectivity index (χ1n) is 7.32. The second-order valence-corrected chi connectivity index (χ2v) is 7.87. The van der Waals surface area contributed by atoms with E-state index in [1.165, 1.54) is 28.4 Å². The van der Waals surface area contributed by atoms with Gasteiger partial charge in [-0.2, -0.15) is 11.8 Å². The summed E-state index contributed by atoms with van der Waals surface area (Å²) in [6.07, 6.45) is 1.24. The van der Waals surface area contributed by atoms with Gasteiger partial charge in [0.05, 0.1) is 0 Å². The molecule has 114 valence electrons. The van der Waals surface area contributed by atoms with Gasteiger partial charge >= 0.3 is 0 Å². The van der Waals surface area contributed by atoms with Crippen molar-refractivity contribution in [3.63, 3.8) is 0 Å². The van der Waals surface area contributed by atoms with Crippen molar-refractivity contribution in [3.05, 3.63) is 34.5 Å².